The van der Waals surface area contributed by atoms with E-state index in [-0.39, 0.29) is 11.7 Å². The van der Waals surface area contributed by atoms with Gasteiger partial charge in [-0.2, -0.15) is 0 Å². The Morgan fingerprint density at radius 1 is 0.971 bits per heavy atom. The molecular weight excluding hydrogens is 433 g/mol. The van der Waals surface area contributed by atoms with Crippen LogP contribution in [0.1, 0.15) is 29.0 Å². The smallest absolute Gasteiger partial charge is 0.251 e. The van der Waals surface area contributed by atoms with Gasteiger partial charge in [0.05, 0.1) is 24.8 Å². The number of aryl methyl sites for hydroxylation is 2. The summed E-state index contributed by atoms with van der Waals surface area (Å²) in [6.07, 6.45) is 2.28. The summed E-state index contributed by atoms with van der Waals surface area (Å²) in [6.45, 7) is 1.84. The van der Waals surface area contributed by atoms with Crippen LogP contribution in [0.15, 0.2) is 72.8 Å². The van der Waals surface area contributed by atoms with Gasteiger partial charge in [-0.15, -0.1) is 0 Å². The molecular formula is C27H28FN3O3. The Labute approximate surface area is 198 Å². The van der Waals surface area contributed by atoms with Crippen molar-refractivity contribution in [1.82, 2.24) is 14.9 Å². The predicted molar refractivity (Wildman–Crippen MR) is 130 cm³/mol. The summed E-state index contributed by atoms with van der Waals surface area (Å²) in [7, 11) is 1.63. The van der Waals surface area contributed by atoms with E-state index in [1.807, 2.05) is 42.5 Å². The van der Waals surface area contributed by atoms with Crippen molar-refractivity contribution in [1.29, 1.82) is 0 Å². The Morgan fingerprint density at radius 3 is 2.50 bits per heavy atom. The predicted octanol–water partition coefficient (Wildman–Crippen LogP) is 5.02. The molecule has 0 bridgehead atoms. The normalized spacial score (nSPS) is 10.9. The lowest BCUT2D eigenvalue weighted by Gasteiger charge is -2.12. The molecule has 176 valence electrons. The van der Waals surface area contributed by atoms with Crippen LogP contribution in [0.3, 0.4) is 0 Å². The molecule has 34 heavy (non-hydrogen) atoms. The Hall–Kier alpha value is -3.87. The number of nitrogens with zero attached hydrogens (tertiary/aromatic N) is 2. The SMILES string of the molecule is COc1ccccc1OCCCn1c(CCCNC(=O)c2ccc(F)cc2)nc2ccccc21. The Kier molecular flexibility index (Phi) is 7.75. The zero-order chi connectivity index (χ0) is 23.8. The number of carbonyl (C=O) groups is 1. The van der Waals surface area contributed by atoms with E-state index >= 15 is 0 Å². The molecule has 7 heteroatoms. The number of fused-ring (bicyclic) bond motifs is 1. The third-order valence-corrected chi connectivity index (χ3v) is 5.56. The summed E-state index contributed by atoms with van der Waals surface area (Å²) < 4.78 is 26.5. The number of amides is 1. The lowest BCUT2D eigenvalue weighted by Crippen LogP contribution is -2.25. The highest BCUT2D eigenvalue weighted by Crippen LogP contribution is 2.26. The maximum atomic E-state index is 13.0. The minimum Gasteiger partial charge on any atom is -0.493 e. The van der Waals surface area contributed by atoms with Gasteiger partial charge in [0, 0.05) is 25.1 Å². The number of aromatic nitrogens is 2. The summed E-state index contributed by atoms with van der Waals surface area (Å²) >= 11 is 0. The highest BCUT2D eigenvalue weighted by Gasteiger charge is 2.11. The molecule has 4 rings (SSSR count). The molecule has 0 saturated carbocycles. The van der Waals surface area contributed by atoms with Crippen LogP contribution in [0.5, 0.6) is 11.5 Å². The van der Waals surface area contributed by atoms with E-state index in [9.17, 15) is 9.18 Å². The van der Waals surface area contributed by atoms with E-state index < -0.39 is 0 Å². The van der Waals surface area contributed by atoms with Crippen LogP contribution in [0.25, 0.3) is 11.0 Å². The number of ether oxygens (including phenoxy) is 2. The maximum Gasteiger partial charge on any atom is 0.251 e. The van der Waals surface area contributed by atoms with Crippen LogP contribution in [0.4, 0.5) is 4.39 Å². The monoisotopic (exact) mass is 461 g/mol. The number of para-hydroxylation sites is 4. The van der Waals surface area contributed by atoms with Gasteiger partial charge < -0.3 is 19.4 Å². The van der Waals surface area contributed by atoms with Crippen molar-refractivity contribution >= 4 is 16.9 Å². The summed E-state index contributed by atoms with van der Waals surface area (Å²) in [5.74, 6) is 1.87. The highest BCUT2D eigenvalue weighted by molar-refractivity contribution is 5.94. The zero-order valence-corrected chi connectivity index (χ0v) is 19.2. The molecule has 0 saturated heterocycles. The van der Waals surface area contributed by atoms with Crippen molar-refractivity contribution in [2.45, 2.75) is 25.8 Å². The largest absolute Gasteiger partial charge is 0.493 e. The van der Waals surface area contributed by atoms with Gasteiger partial charge in [-0.1, -0.05) is 24.3 Å². The van der Waals surface area contributed by atoms with Crippen LogP contribution in [-0.4, -0.2) is 35.7 Å². The minimum absolute atomic E-state index is 0.206. The van der Waals surface area contributed by atoms with Gasteiger partial charge in [0.1, 0.15) is 11.6 Å². The number of hydrogen-bond acceptors (Lipinski definition) is 4. The molecule has 6 nitrogen and oxygen atoms in total. The summed E-state index contributed by atoms with van der Waals surface area (Å²) in [6, 6.07) is 21.2. The van der Waals surface area contributed by atoms with E-state index in [1.165, 1.54) is 24.3 Å². The minimum atomic E-state index is -0.358. The van der Waals surface area contributed by atoms with Gasteiger partial charge in [0.15, 0.2) is 11.5 Å². The molecule has 0 unspecified atom stereocenters. The second-order valence-corrected chi connectivity index (χ2v) is 7.89. The van der Waals surface area contributed by atoms with Crippen LogP contribution in [0.2, 0.25) is 0 Å². The van der Waals surface area contributed by atoms with Crippen molar-refractivity contribution in [3.8, 4) is 11.5 Å². The van der Waals surface area contributed by atoms with E-state index in [2.05, 4.69) is 16.0 Å². The number of nitrogens with one attached hydrogen (secondary N) is 1. The molecule has 1 aromatic heterocycles. The van der Waals surface area contributed by atoms with Crippen LogP contribution >= 0.6 is 0 Å². The van der Waals surface area contributed by atoms with Crippen molar-refractivity contribution in [3.63, 3.8) is 0 Å². The summed E-state index contributed by atoms with van der Waals surface area (Å²) in [5, 5.41) is 2.89. The molecule has 0 radical (unpaired) electrons. The fraction of sp³-hybridized carbons (Fsp3) is 0.259. The Balaban J connectivity index is 1.33. The fourth-order valence-corrected chi connectivity index (χ4v) is 3.86. The molecule has 1 N–H and O–H groups in total. The van der Waals surface area contributed by atoms with Gasteiger partial charge in [0.2, 0.25) is 0 Å². The van der Waals surface area contributed by atoms with Gasteiger partial charge in [-0.3, -0.25) is 4.79 Å². The Bertz CT molecular complexity index is 1240. The first-order chi connectivity index (χ1) is 16.7. The molecule has 1 heterocycles. The number of hydrogen-bond donors (Lipinski definition) is 1. The molecule has 1 amide bonds. The van der Waals surface area contributed by atoms with Crippen molar-refractivity contribution < 1.29 is 18.7 Å². The van der Waals surface area contributed by atoms with Crippen molar-refractivity contribution in [2.24, 2.45) is 0 Å². The topological polar surface area (TPSA) is 65.4 Å². The van der Waals surface area contributed by atoms with E-state index in [0.717, 1.165) is 54.2 Å². The van der Waals surface area contributed by atoms with Crippen molar-refractivity contribution in [3.05, 3.63) is 90.0 Å². The number of imidazole rings is 1. The van der Waals surface area contributed by atoms with Crippen molar-refractivity contribution in [2.75, 3.05) is 20.3 Å². The number of benzene rings is 3. The standard InChI is InChI=1S/C27H28FN3O3/c1-33-24-10-4-5-11-25(24)34-19-7-18-31-23-9-3-2-8-22(23)30-26(31)12-6-17-29-27(32)20-13-15-21(28)16-14-20/h2-5,8-11,13-16H,6-7,12,17-19H2,1H3,(H,29,32). The second-order valence-electron chi connectivity index (χ2n) is 7.89. The number of halogens is 1. The molecule has 0 spiro atoms. The van der Waals surface area contributed by atoms with Gasteiger partial charge >= 0.3 is 0 Å². The third kappa shape index (κ3) is 5.73. The number of carbonyl (C=O) groups excluding carboxylic acids is 1. The summed E-state index contributed by atoms with van der Waals surface area (Å²) in [5.41, 5.74) is 2.49. The number of methoxy groups -OCH3 is 1. The highest BCUT2D eigenvalue weighted by atomic mass is 19.1. The molecule has 4 aromatic rings. The third-order valence-electron chi connectivity index (χ3n) is 5.56. The first-order valence-electron chi connectivity index (χ1n) is 11.4. The molecule has 3 aromatic carbocycles. The maximum absolute atomic E-state index is 13.0. The fourth-order valence-electron chi connectivity index (χ4n) is 3.86. The molecule has 0 fully saturated rings. The molecule has 0 aliphatic carbocycles. The molecule has 0 aliphatic rings. The lowest BCUT2D eigenvalue weighted by atomic mass is 10.2. The van der Waals surface area contributed by atoms with E-state index in [4.69, 9.17) is 14.5 Å². The summed E-state index contributed by atoms with van der Waals surface area (Å²) in [4.78, 5) is 17.0. The van der Waals surface area contributed by atoms with Gasteiger partial charge in [-0.05, 0) is 61.4 Å². The Morgan fingerprint density at radius 2 is 1.71 bits per heavy atom. The first kappa shape index (κ1) is 23.3. The quantitative estimate of drug-likeness (QED) is 0.319. The average Bonchev–Trinajstić information content (AvgIpc) is 3.22. The van der Waals surface area contributed by atoms with Crippen LogP contribution < -0.4 is 14.8 Å². The molecule has 0 aliphatic heterocycles. The second kappa shape index (κ2) is 11.3. The van der Waals surface area contributed by atoms with Crippen LogP contribution in [0, 0.1) is 5.82 Å². The van der Waals surface area contributed by atoms with E-state index in [0.29, 0.717) is 18.7 Å². The first-order valence-corrected chi connectivity index (χ1v) is 11.4. The molecule has 0 atom stereocenters. The van der Waals surface area contributed by atoms with Crippen LogP contribution in [-0.2, 0) is 13.0 Å². The lowest BCUT2D eigenvalue weighted by molar-refractivity contribution is 0.0953. The zero-order valence-electron chi connectivity index (χ0n) is 19.2. The van der Waals surface area contributed by atoms with E-state index in [1.54, 1.807) is 7.11 Å². The average molecular weight is 462 g/mol. The van der Waals surface area contributed by atoms with Gasteiger partial charge in [-0.25, -0.2) is 9.37 Å². The number of rotatable bonds is 11. The van der Waals surface area contributed by atoms with Gasteiger partial charge in [0.25, 0.3) is 5.91 Å².